The Hall–Kier alpha value is -3.76. The molecule has 2 rings (SSSR count). The lowest BCUT2D eigenvalue weighted by molar-refractivity contribution is -0.143. The highest BCUT2D eigenvalue weighted by Gasteiger charge is 2.48. The van der Waals surface area contributed by atoms with Crippen LogP contribution in [0.25, 0.3) is 0 Å². The molecule has 0 aromatic heterocycles. The number of carbonyl (C=O) groups is 3. The Morgan fingerprint density at radius 2 is 1.51 bits per heavy atom. The summed E-state index contributed by atoms with van der Waals surface area (Å²) in [6.45, 7) is -0.471. The molecule has 0 aliphatic heterocycles. The van der Waals surface area contributed by atoms with E-state index in [2.05, 4.69) is 15.6 Å². The van der Waals surface area contributed by atoms with E-state index in [0.717, 1.165) is 0 Å². The number of benzene rings is 2. The summed E-state index contributed by atoms with van der Waals surface area (Å²) in [7, 11) is 0. The number of aliphatic hydroxyl groups excluding tert-OH is 1. The van der Waals surface area contributed by atoms with Gasteiger partial charge in [-0.3, -0.25) is 24.7 Å². The molecule has 10 heteroatoms. The first-order chi connectivity index (χ1) is 16.8. The zero-order valence-electron chi connectivity index (χ0n) is 19.5. The van der Waals surface area contributed by atoms with Crippen molar-refractivity contribution in [1.29, 1.82) is 0 Å². The predicted octanol–water partition coefficient (Wildman–Crippen LogP) is 0.353. The number of aliphatic hydroxyl groups is 1. The van der Waals surface area contributed by atoms with Crippen LogP contribution in [-0.2, 0) is 14.4 Å². The number of rotatable bonds is 15. The van der Waals surface area contributed by atoms with Crippen molar-refractivity contribution in [3.8, 4) is 0 Å². The minimum absolute atomic E-state index is 0.00958. The molecule has 0 spiro atoms. The van der Waals surface area contributed by atoms with Gasteiger partial charge in [-0.15, -0.1) is 0 Å². The number of hydrogen-bond donors (Lipinski definition) is 6. The van der Waals surface area contributed by atoms with Crippen LogP contribution >= 0.6 is 0 Å². The van der Waals surface area contributed by atoms with Crippen molar-refractivity contribution in [3.63, 3.8) is 0 Å². The number of ketones is 1. The Kier molecular flexibility index (Phi) is 10.9. The Morgan fingerprint density at radius 1 is 0.943 bits per heavy atom. The maximum Gasteiger partial charge on any atom is 0.322 e. The van der Waals surface area contributed by atoms with Crippen LogP contribution in [0, 0.1) is 0 Å². The lowest BCUT2D eigenvalue weighted by atomic mass is 9.75. The first-order valence-corrected chi connectivity index (χ1v) is 11.4. The highest BCUT2D eigenvalue weighted by Crippen LogP contribution is 2.32. The van der Waals surface area contributed by atoms with Gasteiger partial charge in [0.1, 0.15) is 6.54 Å². The van der Waals surface area contributed by atoms with Gasteiger partial charge < -0.3 is 27.0 Å². The SMILES string of the molecule is NC(N)=NCCC[C@](NCCCO)(C(=O)NCC(=O)O)C(=O)C(c1ccccc1)c1ccccc1. The molecule has 2 aromatic rings. The van der Waals surface area contributed by atoms with Crippen molar-refractivity contribution < 1.29 is 24.6 Å². The highest BCUT2D eigenvalue weighted by molar-refractivity contribution is 6.14. The smallest absolute Gasteiger partial charge is 0.322 e. The molecule has 0 aliphatic carbocycles. The molecule has 0 saturated carbocycles. The van der Waals surface area contributed by atoms with Crippen molar-refractivity contribution in [2.45, 2.75) is 30.7 Å². The number of nitrogens with zero attached hydrogens (tertiary/aromatic N) is 1. The van der Waals surface area contributed by atoms with E-state index in [4.69, 9.17) is 16.6 Å². The number of carboxylic acids is 1. The molecule has 0 radical (unpaired) electrons. The van der Waals surface area contributed by atoms with Gasteiger partial charge in [0, 0.05) is 13.2 Å². The predicted molar refractivity (Wildman–Crippen MR) is 133 cm³/mol. The number of Topliss-reactive ketones (excluding diaryl/α,β-unsaturated/α-hetero) is 1. The molecule has 0 fully saturated rings. The number of amides is 1. The normalized spacial score (nSPS) is 12.5. The summed E-state index contributed by atoms with van der Waals surface area (Å²) in [6, 6.07) is 18.1. The molecule has 1 atom stereocenters. The van der Waals surface area contributed by atoms with Crippen LogP contribution in [-0.4, -0.2) is 65.6 Å². The van der Waals surface area contributed by atoms with E-state index < -0.39 is 35.7 Å². The van der Waals surface area contributed by atoms with E-state index in [0.29, 0.717) is 11.1 Å². The van der Waals surface area contributed by atoms with Crippen LogP contribution in [0.1, 0.15) is 36.3 Å². The molecule has 1 amide bonds. The van der Waals surface area contributed by atoms with Crippen LogP contribution in [0.5, 0.6) is 0 Å². The van der Waals surface area contributed by atoms with Gasteiger partial charge in [0.15, 0.2) is 17.3 Å². The summed E-state index contributed by atoms with van der Waals surface area (Å²) >= 11 is 0. The summed E-state index contributed by atoms with van der Waals surface area (Å²) in [5.74, 6) is -3.36. The largest absolute Gasteiger partial charge is 0.480 e. The summed E-state index contributed by atoms with van der Waals surface area (Å²) in [4.78, 5) is 43.0. The highest BCUT2D eigenvalue weighted by atomic mass is 16.4. The molecule has 10 nitrogen and oxygen atoms in total. The van der Waals surface area contributed by atoms with Crippen molar-refractivity contribution >= 4 is 23.6 Å². The molecule has 0 saturated heterocycles. The number of aliphatic imine (C=N–C) groups is 1. The lowest BCUT2D eigenvalue weighted by Gasteiger charge is -2.35. The standard InChI is InChI=1S/C25H33N5O5/c26-24(27)28-14-7-13-25(30-15-8-16-31,23(35)29-17-20(32)33)22(34)21(18-9-3-1-4-10-18)19-11-5-2-6-12-19/h1-6,9-12,21,30-31H,7-8,13-17H2,(H,29,35)(H,32,33)(H4,26,27,28)/t25-/m1/s1. The third-order valence-electron chi connectivity index (χ3n) is 5.50. The molecule has 188 valence electrons. The molecule has 0 bridgehead atoms. The Labute approximate surface area is 204 Å². The quantitative estimate of drug-likeness (QED) is 0.0908. The summed E-state index contributed by atoms with van der Waals surface area (Å²) in [5, 5.41) is 23.8. The van der Waals surface area contributed by atoms with Gasteiger partial charge in [0.25, 0.3) is 0 Å². The van der Waals surface area contributed by atoms with Gasteiger partial charge in [0.05, 0.1) is 5.92 Å². The van der Waals surface area contributed by atoms with E-state index in [1.54, 1.807) is 0 Å². The minimum Gasteiger partial charge on any atom is -0.480 e. The Bertz CT molecular complexity index is 956. The number of guanidine groups is 1. The second-order valence-corrected chi connectivity index (χ2v) is 8.01. The Morgan fingerprint density at radius 3 is 2.00 bits per heavy atom. The molecule has 0 heterocycles. The first-order valence-electron chi connectivity index (χ1n) is 11.4. The van der Waals surface area contributed by atoms with Crippen molar-refractivity contribution in [1.82, 2.24) is 10.6 Å². The number of nitrogens with one attached hydrogen (secondary N) is 2. The van der Waals surface area contributed by atoms with E-state index >= 15 is 0 Å². The van der Waals surface area contributed by atoms with Gasteiger partial charge in [-0.2, -0.15) is 0 Å². The number of carbonyl (C=O) groups excluding carboxylic acids is 2. The van der Waals surface area contributed by atoms with Gasteiger partial charge in [-0.25, -0.2) is 0 Å². The molecule has 0 aliphatic rings. The van der Waals surface area contributed by atoms with Gasteiger partial charge >= 0.3 is 5.97 Å². The van der Waals surface area contributed by atoms with E-state index in [1.807, 2.05) is 60.7 Å². The average Bonchev–Trinajstić information content (AvgIpc) is 2.85. The van der Waals surface area contributed by atoms with Crippen molar-refractivity contribution in [2.24, 2.45) is 16.5 Å². The third kappa shape index (κ3) is 7.90. The maximum atomic E-state index is 14.4. The van der Waals surface area contributed by atoms with Gasteiger partial charge in [-0.1, -0.05) is 60.7 Å². The first kappa shape index (κ1) is 27.5. The van der Waals surface area contributed by atoms with Crippen molar-refractivity contribution in [3.05, 3.63) is 71.8 Å². The van der Waals surface area contributed by atoms with Gasteiger partial charge in [0.2, 0.25) is 5.91 Å². The maximum absolute atomic E-state index is 14.4. The monoisotopic (exact) mass is 483 g/mol. The average molecular weight is 484 g/mol. The fraction of sp³-hybridized carbons (Fsp3) is 0.360. The van der Waals surface area contributed by atoms with Crippen LogP contribution in [0.4, 0.5) is 0 Å². The minimum atomic E-state index is -1.79. The fourth-order valence-electron chi connectivity index (χ4n) is 3.88. The summed E-state index contributed by atoms with van der Waals surface area (Å²) < 4.78 is 0. The zero-order chi connectivity index (χ0) is 25.7. The number of aliphatic carboxylic acids is 1. The van der Waals surface area contributed by atoms with E-state index in [-0.39, 0.29) is 44.9 Å². The van der Waals surface area contributed by atoms with Gasteiger partial charge in [-0.05, 0) is 36.9 Å². The number of carboxylic acid groups (broad SMARTS) is 1. The molecule has 8 N–H and O–H groups in total. The molecular formula is C25H33N5O5. The third-order valence-corrected chi connectivity index (χ3v) is 5.50. The van der Waals surface area contributed by atoms with Crippen molar-refractivity contribution in [2.75, 3.05) is 26.2 Å². The summed E-state index contributed by atoms with van der Waals surface area (Å²) in [5.41, 5.74) is 10.4. The topological polar surface area (TPSA) is 180 Å². The van der Waals surface area contributed by atoms with E-state index in [1.165, 1.54) is 0 Å². The van der Waals surface area contributed by atoms with Crippen LogP contribution < -0.4 is 22.1 Å². The molecule has 2 aromatic carbocycles. The molecule has 0 unspecified atom stereocenters. The molecular weight excluding hydrogens is 450 g/mol. The number of hydrogen-bond acceptors (Lipinski definition) is 6. The second-order valence-electron chi connectivity index (χ2n) is 8.01. The van der Waals surface area contributed by atoms with E-state index in [9.17, 15) is 19.5 Å². The second kappa shape index (κ2) is 13.8. The molecule has 35 heavy (non-hydrogen) atoms. The zero-order valence-corrected chi connectivity index (χ0v) is 19.5. The van der Waals surface area contributed by atoms with Crippen LogP contribution in [0.2, 0.25) is 0 Å². The lowest BCUT2D eigenvalue weighted by Crippen LogP contribution is -2.64. The van der Waals surface area contributed by atoms with Crippen LogP contribution in [0.15, 0.2) is 65.7 Å². The fourth-order valence-corrected chi connectivity index (χ4v) is 3.88. The number of nitrogens with two attached hydrogens (primary N) is 2. The van der Waals surface area contributed by atoms with Crippen LogP contribution in [0.3, 0.4) is 0 Å². The summed E-state index contributed by atoms with van der Waals surface area (Å²) in [6.07, 6.45) is 0.568. The Balaban J connectivity index is 2.59.